The number of hydrogen-bond acceptors (Lipinski definition) is 2. The van der Waals surface area contributed by atoms with E-state index in [-0.39, 0.29) is 18.3 Å². The van der Waals surface area contributed by atoms with Crippen LogP contribution in [-0.4, -0.2) is 23.3 Å². The number of carboxylic acid groups (broad SMARTS) is 1. The lowest BCUT2D eigenvalue weighted by atomic mass is 9.91. The molecule has 2 N–H and O–H groups in total. The summed E-state index contributed by atoms with van der Waals surface area (Å²) in [5.74, 6) is -0.0952. The smallest absolute Gasteiger partial charge is 0.405 e. The van der Waals surface area contributed by atoms with Gasteiger partial charge in [-0.1, -0.05) is 29.8 Å². The first-order valence-electron chi connectivity index (χ1n) is 6.31. The largest absolute Gasteiger partial charge is 0.488 e. The summed E-state index contributed by atoms with van der Waals surface area (Å²) in [7, 11) is 0. The second kappa shape index (κ2) is 6.92. The molecule has 0 spiro atoms. The Morgan fingerprint density at radius 3 is 2.70 bits per heavy atom. The van der Waals surface area contributed by atoms with Gasteiger partial charge in [0.1, 0.15) is 6.61 Å². The van der Waals surface area contributed by atoms with Gasteiger partial charge in [-0.2, -0.15) is 0 Å². The fourth-order valence-corrected chi connectivity index (χ4v) is 2.47. The summed E-state index contributed by atoms with van der Waals surface area (Å²) >= 11 is 3.17. The number of ether oxygens (including phenoxy) is 1. The van der Waals surface area contributed by atoms with Crippen molar-refractivity contribution in [3.8, 4) is 5.75 Å². The van der Waals surface area contributed by atoms with Crippen molar-refractivity contribution in [2.75, 3.05) is 6.61 Å². The summed E-state index contributed by atoms with van der Waals surface area (Å²) in [5.41, 5.74) is -0.764. The molecule has 1 aromatic carbocycles. The first-order chi connectivity index (χ1) is 9.22. The standard InChI is InChI=1S/C14H19BrFNO3/c1-9(2)7-14(3,17-13(18)19)8-20-12-5-4-10(15)6-11(12)16/h4-6,9,17H,7-8H2,1-3H3,(H,18,19). The van der Waals surface area contributed by atoms with Crippen molar-refractivity contribution in [1.82, 2.24) is 5.32 Å². The number of amides is 1. The molecule has 1 atom stereocenters. The molecule has 1 amide bonds. The Morgan fingerprint density at radius 2 is 2.20 bits per heavy atom. The quantitative estimate of drug-likeness (QED) is 0.816. The number of hydrogen-bond donors (Lipinski definition) is 2. The molecule has 0 radical (unpaired) electrons. The predicted octanol–water partition coefficient (Wildman–Crippen LogP) is 4.04. The van der Waals surface area contributed by atoms with Crippen molar-refractivity contribution < 1.29 is 19.0 Å². The van der Waals surface area contributed by atoms with E-state index in [0.29, 0.717) is 10.9 Å². The van der Waals surface area contributed by atoms with Gasteiger partial charge in [-0.05, 0) is 37.5 Å². The van der Waals surface area contributed by atoms with Crippen LogP contribution < -0.4 is 10.1 Å². The minimum atomic E-state index is -1.12. The second-order valence-electron chi connectivity index (χ2n) is 5.45. The van der Waals surface area contributed by atoms with Gasteiger partial charge >= 0.3 is 6.09 Å². The molecule has 4 nitrogen and oxygen atoms in total. The van der Waals surface area contributed by atoms with Gasteiger partial charge in [0.05, 0.1) is 5.54 Å². The number of halogens is 2. The third-order valence-corrected chi connectivity index (χ3v) is 3.20. The SMILES string of the molecule is CC(C)CC(C)(COc1ccc(Br)cc1F)NC(=O)O. The van der Waals surface area contributed by atoms with E-state index in [0.717, 1.165) is 0 Å². The van der Waals surface area contributed by atoms with Crippen LogP contribution in [0.25, 0.3) is 0 Å². The van der Waals surface area contributed by atoms with E-state index in [1.165, 1.54) is 12.1 Å². The number of carbonyl (C=O) groups is 1. The van der Waals surface area contributed by atoms with Gasteiger partial charge in [0.15, 0.2) is 11.6 Å². The molecule has 0 bridgehead atoms. The summed E-state index contributed by atoms with van der Waals surface area (Å²) in [6.07, 6.45) is -0.523. The lowest BCUT2D eigenvalue weighted by Crippen LogP contribution is -2.50. The lowest BCUT2D eigenvalue weighted by molar-refractivity contribution is 0.141. The van der Waals surface area contributed by atoms with Crippen molar-refractivity contribution in [2.24, 2.45) is 5.92 Å². The molecule has 0 heterocycles. The zero-order valence-electron chi connectivity index (χ0n) is 11.7. The summed E-state index contributed by atoms with van der Waals surface area (Å²) in [4.78, 5) is 10.9. The van der Waals surface area contributed by atoms with Crippen LogP contribution in [0.15, 0.2) is 22.7 Å². The van der Waals surface area contributed by atoms with E-state index in [4.69, 9.17) is 9.84 Å². The van der Waals surface area contributed by atoms with Crippen LogP contribution in [0.5, 0.6) is 5.75 Å². The topological polar surface area (TPSA) is 58.6 Å². The zero-order chi connectivity index (χ0) is 15.3. The Morgan fingerprint density at radius 1 is 1.55 bits per heavy atom. The van der Waals surface area contributed by atoms with Crippen molar-refractivity contribution >= 4 is 22.0 Å². The van der Waals surface area contributed by atoms with E-state index in [1.54, 1.807) is 13.0 Å². The van der Waals surface area contributed by atoms with Gasteiger partial charge in [-0.15, -0.1) is 0 Å². The zero-order valence-corrected chi connectivity index (χ0v) is 13.3. The van der Waals surface area contributed by atoms with Gasteiger partial charge in [0, 0.05) is 4.47 Å². The first kappa shape index (κ1) is 16.8. The molecule has 0 saturated heterocycles. The molecule has 6 heteroatoms. The van der Waals surface area contributed by atoms with Crippen molar-refractivity contribution in [2.45, 2.75) is 32.7 Å². The summed E-state index contributed by atoms with van der Waals surface area (Å²) in [6.45, 7) is 5.79. The average molecular weight is 348 g/mol. The van der Waals surface area contributed by atoms with E-state index in [9.17, 15) is 9.18 Å². The monoisotopic (exact) mass is 347 g/mol. The van der Waals surface area contributed by atoms with Crippen molar-refractivity contribution in [3.05, 3.63) is 28.5 Å². The molecule has 0 aliphatic carbocycles. The van der Waals surface area contributed by atoms with Crippen LogP contribution in [0.4, 0.5) is 9.18 Å². The van der Waals surface area contributed by atoms with Gasteiger partial charge in [0.25, 0.3) is 0 Å². The van der Waals surface area contributed by atoms with E-state index in [1.807, 2.05) is 13.8 Å². The Labute approximate surface area is 126 Å². The maximum absolute atomic E-state index is 13.7. The summed E-state index contributed by atoms with van der Waals surface area (Å²) in [6, 6.07) is 4.48. The fourth-order valence-electron chi connectivity index (χ4n) is 2.13. The molecule has 1 unspecified atom stereocenters. The van der Waals surface area contributed by atoms with Crippen LogP contribution in [0.3, 0.4) is 0 Å². The maximum Gasteiger partial charge on any atom is 0.405 e. The predicted molar refractivity (Wildman–Crippen MR) is 78.6 cm³/mol. The Kier molecular flexibility index (Phi) is 5.80. The molecule has 0 aliphatic heterocycles. The molecule has 1 aromatic rings. The molecule has 0 fully saturated rings. The highest BCUT2D eigenvalue weighted by Crippen LogP contribution is 2.24. The van der Waals surface area contributed by atoms with Gasteiger partial charge in [-0.25, -0.2) is 9.18 Å². The fraction of sp³-hybridized carbons (Fsp3) is 0.500. The van der Waals surface area contributed by atoms with Crippen LogP contribution in [-0.2, 0) is 0 Å². The third-order valence-electron chi connectivity index (χ3n) is 2.71. The molecular weight excluding hydrogens is 329 g/mol. The third kappa shape index (κ3) is 5.36. The number of rotatable bonds is 6. The molecular formula is C14H19BrFNO3. The lowest BCUT2D eigenvalue weighted by Gasteiger charge is -2.31. The highest BCUT2D eigenvalue weighted by molar-refractivity contribution is 9.10. The van der Waals surface area contributed by atoms with E-state index >= 15 is 0 Å². The summed E-state index contributed by atoms with van der Waals surface area (Å²) < 4.78 is 19.7. The van der Waals surface area contributed by atoms with Crippen molar-refractivity contribution in [3.63, 3.8) is 0 Å². The van der Waals surface area contributed by atoms with Gasteiger partial charge in [0.2, 0.25) is 0 Å². The maximum atomic E-state index is 13.7. The summed E-state index contributed by atoms with van der Waals surface area (Å²) in [5, 5.41) is 11.4. The van der Waals surface area contributed by atoms with Crippen LogP contribution in [0.1, 0.15) is 27.2 Å². The van der Waals surface area contributed by atoms with E-state index < -0.39 is 17.4 Å². The molecule has 0 aromatic heterocycles. The van der Waals surface area contributed by atoms with Gasteiger partial charge in [-0.3, -0.25) is 0 Å². The van der Waals surface area contributed by atoms with Crippen molar-refractivity contribution in [1.29, 1.82) is 0 Å². The average Bonchev–Trinajstić information content (AvgIpc) is 2.25. The Balaban J connectivity index is 2.77. The number of benzene rings is 1. The second-order valence-corrected chi connectivity index (χ2v) is 6.37. The number of nitrogens with one attached hydrogen (secondary N) is 1. The minimum absolute atomic E-state index is 0.0655. The van der Waals surface area contributed by atoms with E-state index in [2.05, 4.69) is 21.2 Å². The molecule has 20 heavy (non-hydrogen) atoms. The first-order valence-corrected chi connectivity index (χ1v) is 7.10. The molecule has 1 rings (SSSR count). The van der Waals surface area contributed by atoms with Gasteiger partial charge < -0.3 is 15.2 Å². The van der Waals surface area contributed by atoms with Crippen LogP contribution in [0, 0.1) is 11.7 Å². The van der Waals surface area contributed by atoms with Crippen LogP contribution >= 0.6 is 15.9 Å². The highest BCUT2D eigenvalue weighted by Gasteiger charge is 2.28. The Bertz CT molecular complexity index is 481. The highest BCUT2D eigenvalue weighted by atomic mass is 79.9. The molecule has 0 aliphatic rings. The van der Waals surface area contributed by atoms with Crippen LogP contribution in [0.2, 0.25) is 0 Å². The normalized spacial score (nSPS) is 13.9. The molecule has 112 valence electrons. The minimum Gasteiger partial charge on any atom is -0.488 e. The Hall–Kier alpha value is -1.30. The molecule has 0 saturated carbocycles.